The Balaban J connectivity index is 0.000000351. The maximum atomic E-state index is 9.79. The fraction of sp³-hybridized carbons (Fsp3) is 0.308. The Kier molecular flexibility index (Phi) is 8.11. The molecule has 0 aliphatic carbocycles. The predicted molar refractivity (Wildman–Crippen MR) is 96.0 cm³/mol. The highest BCUT2D eigenvalue weighted by Crippen LogP contribution is 2.25. The molecule has 7 nitrogen and oxygen atoms in total. The molecule has 0 atom stereocenters. The number of aromatic nitrogens is 3. The van der Waals surface area contributed by atoms with Crippen LogP contribution in [0.4, 0.5) is 11.6 Å². The van der Waals surface area contributed by atoms with Gasteiger partial charge in [-0.3, -0.25) is 4.55 Å². The second-order valence-corrected chi connectivity index (χ2v) is 7.25. The molecule has 0 spiro atoms. The van der Waals surface area contributed by atoms with Crippen molar-refractivity contribution in [3.8, 4) is 0 Å². The van der Waals surface area contributed by atoms with Gasteiger partial charge in [0.05, 0.1) is 16.5 Å². The summed E-state index contributed by atoms with van der Waals surface area (Å²) >= 11 is 17.4. The van der Waals surface area contributed by atoms with E-state index in [9.17, 15) is 8.42 Å². The first-order chi connectivity index (χ1) is 11.1. The standard InChI is InChI=1S/C10H7Cl3N4.C3H8O3S/c1-5-2-3-7(6(11)4-5)14-10-16-8(12)15-9(13)17-10;1-2-3-7(4,5)6/h2-4H,1H3,(H,14,15,16,17);2-3H2,1H3,(H,4,5,6). The highest BCUT2D eigenvalue weighted by Gasteiger charge is 2.06. The van der Waals surface area contributed by atoms with Crippen molar-refractivity contribution in [1.82, 2.24) is 15.0 Å². The lowest BCUT2D eigenvalue weighted by molar-refractivity contribution is 0.482. The van der Waals surface area contributed by atoms with Crippen molar-refractivity contribution in [1.29, 1.82) is 0 Å². The molecule has 1 aromatic heterocycles. The van der Waals surface area contributed by atoms with Crippen LogP contribution in [0, 0.1) is 6.92 Å². The number of anilines is 2. The van der Waals surface area contributed by atoms with E-state index in [4.69, 9.17) is 39.4 Å². The Hall–Kier alpha value is -1.19. The number of rotatable bonds is 4. The van der Waals surface area contributed by atoms with Gasteiger partial charge in [0.25, 0.3) is 10.1 Å². The number of nitrogens with zero attached hydrogens (tertiary/aromatic N) is 3. The molecule has 1 aromatic carbocycles. The summed E-state index contributed by atoms with van der Waals surface area (Å²) in [6.45, 7) is 3.64. The predicted octanol–water partition coefficient (Wildman–Crippen LogP) is 4.17. The summed E-state index contributed by atoms with van der Waals surface area (Å²) in [5.41, 5.74) is 1.74. The normalized spacial score (nSPS) is 10.8. The van der Waals surface area contributed by atoms with Crippen LogP contribution in [-0.4, -0.2) is 33.7 Å². The van der Waals surface area contributed by atoms with Crippen LogP contribution in [0.2, 0.25) is 15.6 Å². The fourth-order valence-corrected chi connectivity index (χ4v) is 2.64. The lowest BCUT2D eigenvalue weighted by Crippen LogP contribution is -2.01. The molecule has 132 valence electrons. The van der Waals surface area contributed by atoms with E-state index >= 15 is 0 Å². The summed E-state index contributed by atoms with van der Waals surface area (Å²) in [7, 11) is -3.67. The first-order valence-electron chi connectivity index (χ1n) is 6.66. The van der Waals surface area contributed by atoms with Gasteiger partial charge < -0.3 is 5.32 Å². The molecule has 2 N–H and O–H groups in total. The second-order valence-electron chi connectivity index (χ2n) is 4.59. The lowest BCUT2D eigenvalue weighted by Gasteiger charge is -2.07. The van der Waals surface area contributed by atoms with E-state index < -0.39 is 10.1 Å². The quantitative estimate of drug-likeness (QED) is 0.725. The minimum Gasteiger partial charge on any atom is -0.323 e. The summed E-state index contributed by atoms with van der Waals surface area (Å²) in [6, 6.07) is 5.57. The molecule has 0 unspecified atom stereocenters. The van der Waals surface area contributed by atoms with Crippen molar-refractivity contribution in [2.45, 2.75) is 20.3 Å². The van der Waals surface area contributed by atoms with Gasteiger partial charge in [-0.05, 0) is 54.2 Å². The van der Waals surface area contributed by atoms with Crippen molar-refractivity contribution >= 4 is 56.6 Å². The summed E-state index contributed by atoms with van der Waals surface area (Å²) in [5, 5.41) is 3.53. The smallest absolute Gasteiger partial charge is 0.264 e. The molecule has 0 saturated heterocycles. The number of benzene rings is 1. The third-order valence-electron chi connectivity index (χ3n) is 2.41. The van der Waals surface area contributed by atoms with Crippen LogP contribution in [0.25, 0.3) is 0 Å². The van der Waals surface area contributed by atoms with Gasteiger partial charge in [0.1, 0.15) is 0 Å². The van der Waals surface area contributed by atoms with Gasteiger partial charge in [-0.15, -0.1) is 0 Å². The third-order valence-corrected chi connectivity index (χ3v) is 3.99. The van der Waals surface area contributed by atoms with Crippen molar-refractivity contribution in [2.24, 2.45) is 0 Å². The van der Waals surface area contributed by atoms with Crippen molar-refractivity contribution in [3.63, 3.8) is 0 Å². The molecule has 0 radical (unpaired) electrons. The van der Waals surface area contributed by atoms with E-state index in [1.165, 1.54) is 0 Å². The molecule has 11 heteroatoms. The minimum absolute atomic E-state index is 0.0238. The van der Waals surface area contributed by atoms with Crippen molar-refractivity contribution in [3.05, 3.63) is 39.4 Å². The SMILES string of the molecule is CCCS(=O)(=O)O.Cc1ccc(Nc2nc(Cl)nc(Cl)n2)c(Cl)c1. The van der Waals surface area contributed by atoms with Gasteiger partial charge in [-0.1, -0.05) is 24.6 Å². The van der Waals surface area contributed by atoms with Crippen LogP contribution in [0.15, 0.2) is 18.2 Å². The molecule has 0 fully saturated rings. The number of hydrogen-bond acceptors (Lipinski definition) is 6. The second kappa shape index (κ2) is 9.33. The Morgan fingerprint density at radius 3 is 2.12 bits per heavy atom. The van der Waals surface area contributed by atoms with Crippen LogP contribution in [-0.2, 0) is 10.1 Å². The van der Waals surface area contributed by atoms with Gasteiger partial charge >= 0.3 is 0 Å². The Morgan fingerprint density at radius 2 is 1.71 bits per heavy atom. The van der Waals surface area contributed by atoms with Gasteiger partial charge in [0.2, 0.25) is 16.5 Å². The topological polar surface area (TPSA) is 105 Å². The van der Waals surface area contributed by atoms with Gasteiger partial charge in [-0.2, -0.15) is 23.4 Å². The van der Waals surface area contributed by atoms with Crippen LogP contribution >= 0.6 is 34.8 Å². The van der Waals surface area contributed by atoms with E-state index in [-0.39, 0.29) is 22.3 Å². The van der Waals surface area contributed by atoms with E-state index in [2.05, 4.69) is 20.3 Å². The molecule has 0 aliphatic heterocycles. The maximum Gasteiger partial charge on any atom is 0.264 e. The fourth-order valence-electron chi connectivity index (χ4n) is 1.48. The monoisotopic (exact) mass is 412 g/mol. The number of halogens is 3. The molecule has 0 saturated carbocycles. The Morgan fingerprint density at radius 1 is 1.12 bits per heavy atom. The number of nitrogens with one attached hydrogen (secondary N) is 1. The zero-order valence-electron chi connectivity index (χ0n) is 12.8. The van der Waals surface area contributed by atoms with Crippen molar-refractivity contribution < 1.29 is 13.0 Å². The summed E-state index contributed by atoms with van der Waals surface area (Å²) < 4.78 is 27.6. The average Bonchev–Trinajstić information content (AvgIpc) is 2.40. The largest absolute Gasteiger partial charge is 0.323 e. The van der Waals surface area contributed by atoms with Gasteiger partial charge in [-0.25, -0.2) is 0 Å². The molecule has 24 heavy (non-hydrogen) atoms. The summed E-state index contributed by atoms with van der Waals surface area (Å²) in [5.74, 6) is 0.119. The van der Waals surface area contributed by atoms with E-state index in [1.807, 2.05) is 25.1 Å². The van der Waals surface area contributed by atoms with Crippen LogP contribution in [0.1, 0.15) is 18.9 Å². The Bertz CT molecular complexity index is 783. The molecule has 0 aliphatic rings. The van der Waals surface area contributed by atoms with Crippen molar-refractivity contribution in [2.75, 3.05) is 11.1 Å². The molecule has 2 rings (SSSR count). The summed E-state index contributed by atoms with van der Waals surface area (Å²) in [6.07, 6.45) is 0.471. The number of aryl methyl sites for hydroxylation is 1. The Labute approximate surface area is 155 Å². The lowest BCUT2D eigenvalue weighted by atomic mass is 10.2. The molecule has 1 heterocycles. The van der Waals surface area contributed by atoms with Gasteiger partial charge in [0, 0.05) is 0 Å². The third kappa shape index (κ3) is 8.07. The zero-order valence-corrected chi connectivity index (χ0v) is 15.9. The van der Waals surface area contributed by atoms with E-state index in [0.29, 0.717) is 17.1 Å². The maximum absolute atomic E-state index is 9.79. The first-order valence-corrected chi connectivity index (χ1v) is 9.40. The van der Waals surface area contributed by atoms with Gasteiger partial charge in [0.15, 0.2) is 0 Å². The minimum atomic E-state index is -3.67. The highest BCUT2D eigenvalue weighted by atomic mass is 35.5. The molecule has 0 bridgehead atoms. The first kappa shape index (κ1) is 20.9. The van der Waals surface area contributed by atoms with E-state index in [1.54, 1.807) is 6.92 Å². The highest BCUT2D eigenvalue weighted by molar-refractivity contribution is 7.85. The molecular formula is C13H15Cl3N4O3S. The molecular weight excluding hydrogens is 399 g/mol. The van der Waals surface area contributed by atoms with Crippen LogP contribution < -0.4 is 5.32 Å². The average molecular weight is 414 g/mol. The van der Waals surface area contributed by atoms with Crippen LogP contribution in [0.5, 0.6) is 0 Å². The zero-order chi connectivity index (χ0) is 18.3. The molecule has 0 amide bonds. The van der Waals surface area contributed by atoms with E-state index in [0.717, 1.165) is 5.56 Å². The van der Waals surface area contributed by atoms with Crippen LogP contribution in [0.3, 0.4) is 0 Å². The summed E-state index contributed by atoms with van der Waals surface area (Å²) in [4.78, 5) is 11.4. The number of hydrogen-bond donors (Lipinski definition) is 2. The molecule has 2 aromatic rings.